The molecule has 0 fully saturated rings. The molecule has 4 aromatic rings. The van der Waals surface area contributed by atoms with Crippen LogP contribution in [0.25, 0.3) is 27.9 Å². The third-order valence-electron chi connectivity index (χ3n) is 3.60. The molecule has 3 nitrogen and oxygen atoms in total. The van der Waals surface area contributed by atoms with Crippen LogP contribution in [0.5, 0.6) is 0 Å². The first-order valence-electron chi connectivity index (χ1n) is 6.97. The molecule has 0 spiro atoms. The van der Waals surface area contributed by atoms with Gasteiger partial charge in [-0.15, -0.1) is 0 Å². The molecule has 0 atom stereocenters. The zero-order valence-corrected chi connectivity index (χ0v) is 12.4. The molecule has 106 valence electrons. The smallest absolute Gasteiger partial charge is 0.129 e. The number of hydrogen-bond donors (Lipinski definition) is 0. The number of hydrogen-bond acceptors (Lipinski definition) is 2. The van der Waals surface area contributed by atoms with Gasteiger partial charge in [-0.1, -0.05) is 48.0 Å². The van der Waals surface area contributed by atoms with Gasteiger partial charge in [0.15, 0.2) is 0 Å². The van der Waals surface area contributed by atoms with Gasteiger partial charge in [0.05, 0.1) is 5.52 Å². The molecule has 1 aromatic carbocycles. The zero-order chi connectivity index (χ0) is 14.9. The molecule has 0 saturated carbocycles. The largest absolute Gasteiger partial charge is 0.245 e. The third kappa shape index (κ3) is 2.16. The summed E-state index contributed by atoms with van der Waals surface area (Å²) in [7, 11) is 0. The second kappa shape index (κ2) is 5.28. The molecule has 0 amide bonds. The van der Waals surface area contributed by atoms with Crippen molar-refractivity contribution in [2.45, 2.75) is 0 Å². The highest BCUT2D eigenvalue weighted by Gasteiger charge is 2.16. The summed E-state index contributed by atoms with van der Waals surface area (Å²) in [6.45, 7) is 0. The van der Waals surface area contributed by atoms with Crippen molar-refractivity contribution in [1.29, 1.82) is 0 Å². The van der Waals surface area contributed by atoms with E-state index in [2.05, 4.69) is 23.2 Å². The lowest BCUT2D eigenvalue weighted by Crippen LogP contribution is -1.84. The molecule has 0 aliphatic heterocycles. The maximum absolute atomic E-state index is 6.07. The van der Waals surface area contributed by atoms with Crippen LogP contribution in [0, 0.1) is 0 Å². The van der Waals surface area contributed by atoms with Crippen molar-refractivity contribution in [2.75, 3.05) is 0 Å². The SMILES string of the molecule is Clc1cc(-c2c(-c3ccccc3)nn3ccccc23)ccn1. The van der Waals surface area contributed by atoms with Gasteiger partial charge in [0.2, 0.25) is 0 Å². The van der Waals surface area contributed by atoms with E-state index in [1.165, 1.54) is 0 Å². The summed E-state index contributed by atoms with van der Waals surface area (Å²) in [6.07, 6.45) is 3.67. The molecule has 0 bridgehead atoms. The van der Waals surface area contributed by atoms with Crippen molar-refractivity contribution in [3.8, 4) is 22.4 Å². The molecular weight excluding hydrogens is 294 g/mol. The van der Waals surface area contributed by atoms with Crippen molar-refractivity contribution in [2.24, 2.45) is 0 Å². The minimum Gasteiger partial charge on any atom is -0.245 e. The molecule has 0 unspecified atom stereocenters. The van der Waals surface area contributed by atoms with Crippen LogP contribution in [-0.4, -0.2) is 14.6 Å². The average molecular weight is 306 g/mol. The van der Waals surface area contributed by atoms with Gasteiger partial charge in [0, 0.05) is 23.5 Å². The molecule has 4 rings (SSSR count). The highest BCUT2D eigenvalue weighted by atomic mass is 35.5. The quantitative estimate of drug-likeness (QED) is 0.502. The Hall–Kier alpha value is -2.65. The van der Waals surface area contributed by atoms with E-state index in [1.54, 1.807) is 6.20 Å². The lowest BCUT2D eigenvalue weighted by Gasteiger charge is -2.04. The van der Waals surface area contributed by atoms with E-state index in [0.29, 0.717) is 5.15 Å². The fourth-order valence-electron chi connectivity index (χ4n) is 2.64. The maximum atomic E-state index is 6.07. The number of halogens is 1. The van der Waals surface area contributed by atoms with Gasteiger partial charge in [-0.2, -0.15) is 5.10 Å². The summed E-state index contributed by atoms with van der Waals surface area (Å²) >= 11 is 6.07. The minimum atomic E-state index is 0.479. The Bertz CT molecular complexity index is 945. The van der Waals surface area contributed by atoms with E-state index < -0.39 is 0 Å². The summed E-state index contributed by atoms with van der Waals surface area (Å²) in [5.74, 6) is 0. The summed E-state index contributed by atoms with van der Waals surface area (Å²) in [6, 6.07) is 20.0. The Morgan fingerprint density at radius 1 is 0.864 bits per heavy atom. The van der Waals surface area contributed by atoms with Crippen LogP contribution in [0.3, 0.4) is 0 Å². The standard InChI is InChI=1S/C18H12ClN3/c19-16-12-14(9-10-20-16)17-15-8-4-5-11-22(15)21-18(17)13-6-2-1-3-7-13/h1-12H. The predicted octanol–water partition coefficient (Wildman–Crippen LogP) is 4.72. The monoisotopic (exact) mass is 305 g/mol. The molecule has 0 saturated heterocycles. The molecule has 3 aromatic heterocycles. The van der Waals surface area contributed by atoms with Crippen molar-refractivity contribution >= 4 is 17.1 Å². The number of aromatic nitrogens is 3. The summed E-state index contributed by atoms with van der Waals surface area (Å²) in [5.41, 5.74) is 5.14. The zero-order valence-electron chi connectivity index (χ0n) is 11.6. The Morgan fingerprint density at radius 3 is 2.50 bits per heavy atom. The van der Waals surface area contributed by atoms with Crippen LogP contribution in [0.4, 0.5) is 0 Å². The molecule has 22 heavy (non-hydrogen) atoms. The number of fused-ring (bicyclic) bond motifs is 1. The number of rotatable bonds is 2. The van der Waals surface area contributed by atoms with Crippen LogP contribution in [-0.2, 0) is 0 Å². The van der Waals surface area contributed by atoms with Crippen LogP contribution in [0.1, 0.15) is 0 Å². The number of benzene rings is 1. The molecule has 0 aliphatic carbocycles. The molecule has 0 N–H and O–H groups in total. The van der Waals surface area contributed by atoms with Gasteiger partial charge in [0.1, 0.15) is 10.8 Å². The normalized spacial score (nSPS) is 11.0. The van der Waals surface area contributed by atoms with Crippen molar-refractivity contribution < 1.29 is 0 Å². The third-order valence-corrected chi connectivity index (χ3v) is 3.81. The average Bonchev–Trinajstić information content (AvgIpc) is 2.95. The second-order valence-corrected chi connectivity index (χ2v) is 5.37. The first kappa shape index (κ1) is 13.0. The number of pyridine rings is 2. The van der Waals surface area contributed by atoms with Crippen LogP contribution in [0.2, 0.25) is 5.15 Å². The molecule has 0 aliphatic rings. The van der Waals surface area contributed by atoms with Gasteiger partial charge < -0.3 is 0 Å². The molecule has 0 radical (unpaired) electrons. The van der Waals surface area contributed by atoms with E-state index in [1.807, 2.05) is 53.2 Å². The molecular formula is C18H12ClN3. The predicted molar refractivity (Wildman–Crippen MR) is 88.9 cm³/mol. The highest BCUT2D eigenvalue weighted by molar-refractivity contribution is 6.29. The Morgan fingerprint density at radius 2 is 1.68 bits per heavy atom. The van der Waals surface area contributed by atoms with E-state index >= 15 is 0 Å². The Labute approximate surface area is 132 Å². The van der Waals surface area contributed by atoms with E-state index in [9.17, 15) is 0 Å². The van der Waals surface area contributed by atoms with Gasteiger partial charge in [-0.3, -0.25) is 0 Å². The van der Waals surface area contributed by atoms with Gasteiger partial charge >= 0.3 is 0 Å². The first-order chi connectivity index (χ1) is 10.8. The lowest BCUT2D eigenvalue weighted by molar-refractivity contribution is 0.966. The van der Waals surface area contributed by atoms with Gasteiger partial charge in [-0.25, -0.2) is 9.50 Å². The van der Waals surface area contributed by atoms with Crippen LogP contribution < -0.4 is 0 Å². The lowest BCUT2D eigenvalue weighted by atomic mass is 10.0. The Kier molecular flexibility index (Phi) is 3.13. The van der Waals surface area contributed by atoms with E-state index in [-0.39, 0.29) is 0 Å². The van der Waals surface area contributed by atoms with E-state index in [0.717, 1.165) is 27.9 Å². The fourth-order valence-corrected chi connectivity index (χ4v) is 2.81. The maximum Gasteiger partial charge on any atom is 0.129 e. The summed E-state index contributed by atoms with van der Waals surface area (Å²) < 4.78 is 1.89. The summed E-state index contributed by atoms with van der Waals surface area (Å²) in [5, 5.41) is 5.22. The highest BCUT2D eigenvalue weighted by Crippen LogP contribution is 2.35. The van der Waals surface area contributed by atoms with Crippen molar-refractivity contribution in [3.63, 3.8) is 0 Å². The van der Waals surface area contributed by atoms with Crippen molar-refractivity contribution in [1.82, 2.24) is 14.6 Å². The first-order valence-corrected chi connectivity index (χ1v) is 7.35. The van der Waals surface area contributed by atoms with E-state index in [4.69, 9.17) is 16.7 Å². The Balaban J connectivity index is 2.07. The molecule has 3 heterocycles. The van der Waals surface area contributed by atoms with Crippen LogP contribution >= 0.6 is 11.6 Å². The fraction of sp³-hybridized carbons (Fsp3) is 0. The second-order valence-electron chi connectivity index (χ2n) is 4.99. The van der Waals surface area contributed by atoms with Gasteiger partial charge in [0.25, 0.3) is 0 Å². The summed E-state index contributed by atoms with van der Waals surface area (Å²) in [4.78, 5) is 4.07. The topological polar surface area (TPSA) is 30.2 Å². The van der Waals surface area contributed by atoms with Crippen LogP contribution in [0.15, 0.2) is 73.1 Å². The van der Waals surface area contributed by atoms with Crippen molar-refractivity contribution in [3.05, 3.63) is 78.2 Å². The number of nitrogens with zero attached hydrogens (tertiary/aromatic N) is 3. The van der Waals surface area contributed by atoms with Gasteiger partial charge in [-0.05, 0) is 29.8 Å². The minimum absolute atomic E-state index is 0.479. The molecule has 4 heteroatoms.